The van der Waals surface area contributed by atoms with Crippen molar-refractivity contribution < 1.29 is 4.79 Å². The van der Waals surface area contributed by atoms with E-state index in [0.29, 0.717) is 21.2 Å². The van der Waals surface area contributed by atoms with Gasteiger partial charge in [-0.15, -0.1) is 0 Å². The van der Waals surface area contributed by atoms with E-state index in [0.717, 1.165) is 22.6 Å². The molecule has 98 valence electrons. The molecule has 0 amide bonds. The number of halogens is 2. The van der Waals surface area contributed by atoms with Gasteiger partial charge >= 0.3 is 0 Å². The van der Waals surface area contributed by atoms with Gasteiger partial charge < -0.3 is 0 Å². The normalized spacial score (nSPS) is 10.7. The summed E-state index contributed by atoms with van der Waals surface area (Å²) in [6, 6.07) is 17.0. The minimum atomic E-state index is 0.520. The zero-order valence-electron chi connectivity index (χ0n) is 10.4. The van der Waals surface area contributed by atoms with Gasteiger partial charge in [0.15, 0.2) is 6.29 Å². The summed E-state index contributed by atoms with van der Waals surface area (Å²) in [4.78, 5) is 11.2. The lowest BCUT2D eigenvalue weighted by molar-refractivity contribution is 0.112. The summed E-state index contributed by atoms with van der Waals surface area (Å²) < 4.78 is 0. The molecule has 0 aromatic heterocycles. The summed E-state index contributed by atoms with van der Waals surface area (Å²) in [6.07, 6.45) is 0.798. The van der Waals surface area contributed by atoms with Gasteiger partial charge in [0.1, 0.15) is 0 Å². The van der Waals surface area contributed by atoms with E-state index in [1.807, 2.05) is 36.4 Å². The van der Waals surface area contributed by atoms with Crippen molar-refractivity contribution in [3.63, 3.8) is 0 Å². The molecule has 0 saturated heterocycles. The summed E-state index contributed by atoms with van der Waals surface area (Å²) in [5, 5.41) is 3.13. The highest BCUT2D eigenvalue weighted by Crippen LogP contribution is 2.38. The largest absolute Gasteiger partial charge is 0.298 e. The molecule has 0 N–H and O–H groups in total. The van der Waals surface area contributed by atoms with Gasteiger partial charge in [-0.1, -0.05) is 71.7 Å². The number of carbonyl (C=O) groups is 1. The van der Waals surface area contributed by atoms with Crippen LogP contribution in [0.1, 0.15) is 10.4 Å². The number of hydrogen-bond donors (Lipinski definition) is 0. The molecular formula is C17H10Cl2O. The third-order valence-corrected chi connectivity index (χ3v) is 4.03. The lowest BCUT2D eigenvalue weighted by Crippen LogP contribution is -1.90. The number of hydrogen-bond acceptors (Lipinski definition) is 1. The van der Waals surface area contributed by atoms with Crippen LogP contribution in [0.4, 0.5) is 0 Å². The van der Waals surface area contributed by atoms with E-state index >= 15 is 0 Å². The molecule has 0 unspecified atom stereocenters. The number of carbonyl (C=O) groups excluding carboxylic acids is 1. The Kier molecular flexibility index (Phi) is 3.47. The lowest BCUT2D eigenvalue weighted by Gasteiger charge is -2.11. The van der Waals surface area contributed by atoms with Crippen LogP contribution in [-0.4, -0.2) is 6.29 Å². The second-order valence-corrected chi connectivity index (χ2v) is 5.26. The number of aldehydes is 1. The molecule has 0 aliphatic carbocycles. The first kappa shape index (κ1) is 13.2. The van der Waals surface area contributed by atoms with Crippen LogP contribution in [-0.2, 0) is 0 Å². The lowest BCUT2D eigenvalue weighted by atomic mass is 9.97. The molecule has 0 saturated carbocycles. The fourth-order valence-corrected chi connectivity index (χ4v) is 2.96. The molecular weight excluding hydrogens is 291 g/mol. The highest BCUT2D eigenvalue weighted by Gasteiger charge is 2.14. The van der Waals surface area contributed by atoms with E-state index in [9.17, 15) is 4.79 Å². The molecule has 0 bridgehead atoms. The first-order valence-corrected chi connectivity index (χ1v) is 6.89. The summed E-state index contributed by atoms with van der Waals surface area (Å²) in [7, 11) is 0. The molecule has 3 rings (SSSR count). The maximum Gasteiger partial charge on any atom is 0.150 e. The van der Waals surface area contributed by atoms with E-state index in [-0.39, 0.29) is 0 Å². The average Bonchev–Trinajstić information content (AvgIpc) is 2.48. The quantitative estimate of drug-likeness (QED) is 0.561. The zero-order chi connectivity index (χ0) is 14.1. The van der Waals surface area contributed by atoms with E-state index < -0.39 is 0 Å². The number of fused-ring (bicyclic) bond motifs is 1. The maximum absolute atomic E-state index is 11.2. The highest BCUT2D eigenvalue weighted by molar-refractivity contribution is 6.40. The minimum absolute atomic E-state index is 0.520. The Morgan fingerprint density at radius 1 is 0.850 bits per heavy atom. The monoisotopic (exact) mass is 300 g/mol. The zero-order valence-corrected chi connectivity index (χ0v) is 11.9. The molecule has 0 aliphatic rings. The molecule has 3 aromatic carbocycles. The third kappa shape index (κ3) is 2.09. The van der Waals surface area contributed by atoms with Crippen LogP contribution in [0.2, 0.25) is 10.0 Å². The van der Waals surface area contributed by atoms with Gasteiger partial charge in [-0.05, 0) is 11.5 Å². The summed E-state index contributed by atoms with van der Waals surface area (Å²) in [6.45, 7) is 0. The van der Waals surface area contributed by atoms with Gasteiger partial charge in [0.25, 0.3) is 0 Å². The van der Waals surface area contributed by atoms with Crippen molar-refractivity contribution in [2.24, 2.45) is 0 Å². The Hall–Kier alpha value is -1.83. The van der Waals surface area contributed by atoms with Gasteiger partial charge in [-0.3, -0.25) is 4.79 Å². The van der Waals surface area contributed by atoms with Gasteiger partial charge in [0.2, 0.25) is 0 Å². The Labute approximate surface area is 126 Å². The van der Waals surface area contributed by atoms with Crippen LogP contribution in [0.5, 0.6) is 0 Å². The van der Waals surface area contributed by atoms with Crippen molar-refractivity contribution in [3.8, 4) is 11.1 Å². The molecule has 0 atom stereocenters. The van der Waals surface area contributed by atoms with Gasteiger partial charge in [-0.2, -0.15) is 0 Å². The van der Waals surface area contributed by atoms with Crippen LogP contribution in [0.15, 0.2) is 54.6 Å². The van der Waals surface area contributed by atoms with Crippen molar-refractivity contribution in [1.29, 1.82) is 0 Å². The highest BCUT2D eigenvalue weighted by atomic mass is 35.5. The van der Waals surface area contributed by atoms with Crippen molar-refractivity contribution in [2.75, 3.05) is 0 Å². The van der Waals surface area contributed by atoms with Crippen molar-refractivity contribution in [2.45, 2.75) is 0 Å². The number of benzene rings is 3. The average molecular weight is 301 g/mol. The van der Waals surface area contributed by atoms with Crippen LogP contribution in [0.3, 0.4) is 0 Å². The fourth-order valence-electron chi connectivity index (χ4n) is 2.35. The Bertz CT molecular complexity index is 809. The predicted octanol–water partition coefficient (Wildman–Crippen LogP) is 5.63. The van der Waals surface area contributed by atoms with Gasteiger partial charge in [0, 0.05) is 27.1 Å². The Morgan fingerprint density at radius 2 is 1.65 bits per heavy atom. The second kappa shape index (κ2) is 5.28. The molecule has 20 heavy (non-hydrogen) atoms. The molecule has 0 aliphatic heterocycles. The summed E-state index contributed by atoms with van der Waals surface area (Å²) in [5.74, 6) is 0. The van der Waals surface area contributed by atoms with E-state index in [2.05, 4.69) is 0 Å². The molecule has 0 spiro atoms. The smallest absolute Gasteiger partial charge is 0.150 e. The van der Waals surface area contributed by atoms with Crippen molar-refractivity contribution >= 4 is 40.3 Å². The summed E-state index contributed by atoms with van der Waals surface area (Å²) in [5.41, 5.74) is 1.99. The van der Waals surface area contributed by atoms with E-state index in [1.54, 1.807) is 18.2 Å². The predicted molar refractivity (Wildman–Crippen MR) is 84.8 cm³/mol. The molecule has 0 heterocycles. The van der Waals surface area contributed by atoms with E-state index in [4.69, 9.17) is 23.2 Å². The van der Waals surface area contributed by atoms with Crippen molar-refractivity contribution in [1.82, 2.24) is 0 Å². The topological polar surface area (TPSA) is 17.1 Å². The molecule has 0 fully saturated rings. The SMILES string of the molecule is O=Cc1cccc(Cl)c1-c1ccc2ccccc2c1Cl. The number of rotatable bonds is 2. The Morgan fingerprint density at radius 3 is 2.45 bits per heavy atom. The second-order valence-electron chi connectivity index (χ2n) is 4.47. The van der Waals surface area contributed by atoms with Crippen LogP contribution < -0.4 is 0 Å². The molecule has 1 nitrogen and oxygen atoms in total. The first-order valence-electron chi connectivity index (χ1n) is 6.13. The van der Waals surface area contributed by atoms with E-state index in [1.165, 1.54) is 0 Å². The molecule has 3 heteroatoms. The standard InChI is InChI=1S/C17H10Cl2O/c18-15-7-3-5-12(10-20)16(15)14-9-8-11-4-1-2-6-13(11)17(14)19/h1-10H. The van der Waals surface area contributed by atoms with Crippen LogP contribution in [0, 0.1) is 0 Å². The maximum atomic E-state index is 11.2. The van der Waals surface area contributed by atoms with Crippen LogP contribution in [0.25, 0.3) is 21.9 Å². The van der Waals surface area contributed by atoms with Crippen LogP contribution >= 0.6 is 23.2 Å². The molecule has 3 aromatic rings. The van der Waals surface area contributed by atoms with Gasteiger partial charge in [0.05, 0.1) is 5.02 Å². The Balaban J connectivity index is 2.36. The minimum Gasteiger partial charge on any atom is -0.298 e. The summed E-state index contributed by atoms with van der Waals surface area (Å²) >= 11 is 12.8. The first-order chi connectivity index (χ1) is 9.72. The fraction of sp³-hybridized carbons (Fsp3) is 0. The third-order valence-electron chi connectivity index (χ3n) is 3.31. The van der Waals surface area contributed by atoms with Gasteiger partial charge in [-0.25, -0.2) is 0 Å². The molecule has 0 radical (unpaired) electrons. The van der Waals surface area contributed by atoms with Crippen molar-refractivity contribution in [3.05, 3.63) is 70.2 Å².